The topological polar surface area (TPSA) is 24.7 Å². The van der Waals surface area contributed by atoms with Crippen LogP contribution in [0.1, 0.15) is 6.92 Å². The van der Waals surface area contributed by atoms with Gasteiger partial charge in [-0.05, 0) is 37.3 Å². The van der Waals surface area contributed by atoms with Crippen LogP contribution in [-0.4, -0.2) is 11.9 Å². The molecule has 0 aliphatic rings. The Morgan fingerprint density at radius 1 is 0.850 bits per heavy atom. The Hall–Kier alpha value is -1.99. The van der Waals surface area contributed by atoms with Gasteiger partial charge in [-0.15, -0.1) is 0 Å². The number of nitrogens with zero attached hydrogens (tertiary/aromatic N) is 2. The molecule has 2 rings (SSSR count). The van der Waals surface area contributed by atoms with Crippen LogP contribution >= 0.6 is 0 Å². The third-order valence-corrected chi connectivity index (χ3v) is 2.45. The Morgan fingerprint density at radius 2 is 1.40 bits per heavy atom. The summed E-state index contributed by atoms with van der Waals surface area (Å²) < 4.78 is 0. The van der Waals surface area contributed by atoms with Crippen LogP contribution in [-0.2, 0) is 16.5 Å². The summed E-state index contributed by atoms with van der Waals surface area (Å²) in [5, 5.41) is 0. The van der Waals surface area contributed by atoms with E-state index in [0.29, 0.717) is 0 Å². The van der Waals surface area contributed by atoms with Crippen molar-refractivity contribution >= 4 is 23.3 Å². The van der Waals surface area contributed by atoms with Crippen molar-refractivity contribution in [2.24, 2.45) is 9.98 Å². The van der Waals surface area contributed by atoms with Gasteiger partial charge in [0.2, 0.25) is 0 Å². The van der Waals surface area contributed by atoms with E-state index in [1.54, 1.807) is 6.21 Å². The van der Waals surface area contributed by atoms with Gasteiger partial charge in [-0.3, -0.25) is 4.99 Å². The van der Waals surface area contributed by atoms with E-state index >= 15 is 0 Å². The maximum absolute atomic E-state index is 4.54. The molecule has 3 heteroatoms. The molecule has 0 heterocycles. The maximum atomic E-state index is 4.54. The second-order valence-corrected chi connectivity index (χ2v) is 3.97. The Balaban J connectivity index is 0.00000200. The molecule has 0 fully saturated rings. The molecule has 0 saturated heterocycles. The average Bonchev–Trinajstić information content (AvgIpc) is 2.47. The summed E-state index contributed by atoms with van der Waals surface area (Å²) in [7, 11) is 0. The number of para-hydroxylation sites is 2. The number of allylic oxidation sites excluding steroid dienone is 2. The monoisotopic (exact) mass is 306 g/mol. The summed E-state index contributed by atoms with van der Waals surface area (Å²) in [5.41, 5.74) is 2.68. The van der Waals surface area contributed by atoms with Gasteiger partial charge in [0.1, 0.15) is 0 Å². The minimum atomic E-state index is 0. The van der Waals surface area contributed by atoms with Crippen LogP contribution in [0.3, 0.4) is 0 Å². The summed E-state index contributed by atoms with van der Waals surface area (Å²) in [6.45, 7) is 1.97. The first-order valence-electron chi connectivity index (χ1n) is 6.24. The third kappa shape index (κ3) is 5.33. The zero-order chi connectivity index (χ0) is 13.3. The molecule has 2 nitrogen and oxygen atoms in total. The number of rotatable bonds is 4. The van der Waals surface area contributed by atoms with Crippen LogP contribution in [0.15, 0.2) is 82.8 Å². The minimum absolute atomic E-state index is 0. The Morgan fingerprint density at radius 3 is 1.95 bits per heavy atom. The van der Waals surface area contributed by atoms with Crippen molar-refractivity contribution in [3.63, 3.8) is 0 Å². The van der Waals surface area contributed by atoms with E-state index in [9.17, 15) is 0 Å². The van der Waals surface area contributed by atoms with E-state index in [1.165, 1.54) is 0 Å². The van der Waals surface area contributed by atoms with Gasteiger partial charge in [-0.2, -0.15) is 0 Å². The van der Waals surface area contributed by atoms with Crippen molar-refractivity contribution in [1.29, 1.82) is 0 Å². The smallest absolute Gasteiger partial charge is 0.0816 e. The van der Waals surface area contributed by atoms with Crippen molar-refractivity contribution in [2.75, 3.05) is 0 Å². The van der Waals surface area contributed by atoms with E-state index in [0.717, 1.165) is 17.1 Å². The molecule has 0 aliphatic carbocycles. The van der Waals surface area contributed by atoms with Crippen LogP contribution in [0, 0.1) is 0 Å². The molecule has 0 saturated carbocycles. The van der Waals surface area contributed by atoms with Gasteiger partial charge in [-0.25, -0.2) is 4.99 Å². The molecule has 0 aromatic heterocycles. The fraction of sp³-hybridized carbons (Fsp3) is 0.0588. The molecule has 0 atom stereocenters. The second kappa shape index (κ2) is 9.00. The molecule has 20 heavy (non-hydrogen) atoms. The van der Waals surface area contributed by atoms with Gasteiger partial charge in [-0.1, -0.05) is 42.5 Å². The summed E-state index contributed by atoms with van der Waals surface area (Å²) in [5.74, 6) is 0. The van der Waals surface area contributed by atoms with Gasteiger partial charge >= 0.3 is 0 Å². The van der Waals surface area contributed by atoms with Crippen molar-refractivity contribution in [3.05, 3.63) is 72.8 Å². The SMILES string of the molecule is CC=CC(C=Nc1ccccc1)=Nc1ccccc1.[Ni]. The van der Waals surface area contributed by atoms with Crippen molar-refractivity contribution in [2.45, 2.75) is 6.92 Å². The number of hydrogen-bond donors (Lipinski definition) is 0. The molecule has 0 bridgehead atoms. The molecule has 104 valence electrons. The first-order chi connectivity index (χ1) is 9.38. The zero-order valence-corrected chi connectivity index (χ0v) is 12.2. The van der Waals surface area contributed by atoms with Gasteiger partial charge in [0.05, 0.1) is 23.3 Å². The van der Waals surface area contributed by atoms with Gasteiger partial charge in [0, 0.05) is 16.5 Å². The normalized spacial score (nSPS) is 11.8. The molecule has 0 unspecified atom stereocenters. The zero-order valence-electron chi connectivity index (χ0n) is 11.2. The first-order valence-corrected chi connectivity index (χ1v) is 6.24. The number of aliphatic imine (C=N–C) groups is 2. The standard InChI is InChI=1S/C17H16N2.Ni/c1-2-9-17(19-16-12-7-4-8-13-16)14-18-15-10-5-3-6-11-15;/h2-14H,1H3;. The maximum Gasteiger partial charge on any atom is 0.0816 e. The Labute approximate surface area is 129 Å². The fourth-order valence-electron chi connectivity index (χ4n) is 1.59. The first kappa shape index (κ1) is 16.1. The molecule has 0 radical (unpaired) electrons. The van der Waals surface area contributed by atoms with Crippen LogP contribution in [0.2, 0.25) is 0 Å². The number of hydrogen-bond acceptors (Lipinski definition) is 2. The van der Waals surface area contributed by atoms with E-state index in [1.807, 2.05) is 79.7 Å². The molecular weight excluding hydrogens is 291 g/mol. The molecule has 2 aromatic carbocycles. The Kier molecular flexibility index (Phi) is 7.23. The van der Waals surface area contributed by atoms with Crippen molar-refractivity contribution in [1.82, 2.24) is 0 Å². The van der Waals surface area contributed by atoms with Crippen molar-refractivity contribution < 1.29 is 16.5 Å². The quantitative estimate of drug-likeness (QED) is 0.576. The predicted molar refractivity (Wildman–Crippen MR) is 82.9 cm³/mol. The molecule has 0 N–H and O–H groups in total. The summed E-state index contributed by atoms with van der Waals surface area (Å²) in [4.78, 5) is 8.96. The fourth-order valence-corrected chi connectivity index (χ4v) is 1.59. The summed E-state index contributed by atoms with van der Waals surface area (Å²) >= 11 is 0. The predicted octanol–water partition coefficient (Wildman–Crippen LogP) is 4.74. The molecule has 0 amide bonds. The summed E-state index contributed by atoms with van der Waals surface area (Å²) in [6.07, 6.45) is 5.68. The molecule has 2 aromatic rings. The second-order valence-electron chi connectivity index (χ2n) is 3.97. The molecular formula is C17H16N2Ni. The number of benzene rings is 2. The van der Waals surface area contributed by atoms with Crippen LogP contribution < -0.4 is 0 Å². The summed E-state index contributed by atoms with van der Waals surface area (Å²) in [6, 6.07) is 19.7. The van der Waals surface area contributed by atoms with E-state index < -0.39 is 0 Å². The van der Waals surface area contributed by atoms with Crippen LogP contribution in [0.5, 0.6) is 0 Å². The van der Waals surface area contributed by atoms with E-state index in [-0.39, 0.29) is 16.5 Å². The van der Waals surface area contributed by atoms with Gasteiger partial charge < -0.3 is 0 Å². The van der Waals surface area contributed by atoms with E-state index in [2.05, 4.69) is 9.98 Å². The van der Waals surface area contributed by atoms with Gasteiger partial charge in [0.15, 0.2) is 0 Å². The van der Waals surface area contributed by atoms with Crippen LogP contribution in [0.4, 0.5) is 11.4 Å². The van der Waals surface area contributed by atoms with Crippen molar-refractivity contribution in [3.8, 4) is 0 Å². The average molecular weight is 307 g/mol. The third-order valence-electron chi connectivity index (χ3n) is 2.45. The van der Waals surface area contributed by atoms with Crippen LogP contribution in [0.25, 0.3) is 0 Å². The Bertz CT molecular complexity index is 587. The largest absolute Gasteiger partial charge is 0.255 e. The molecule has 0 aliphatic heterocycles. The van der Waals surface area contributed by atoms with Gasteiger partial charge in [0.25, 0.3) is 0 Å². The minimum Gasteiger partial charge on any atom is -0.255 e. The van der Waals surface area contributed by atoms with E-state index in [4.69, 9.17) is 0 Å². The molecule has 0 spiro atoms.